The van der Waals surface area contributed by atoms with Crippen LogP contribution in [0.25, 0.3) is 0 Å². The molecule has 0 radical (unpaired) electrons. The van der Waals surface area contributed by atoms with Crippen LogP contribution in [0.4, 0.5) is 4.39 Å². The van der Waals surface area contributed by atoms with Crippen LogP contribution in [0.5, 0.6) is 0 Å². The summed E-state index contributed by atoms with van der Waals surface area (Å²) in [6, 6.07) is 5.88. The first kappa shape index (κ1) is 18.2. The lowest BCUT2D eigenvalue weighted by atomic mass is 9.98. The number of hydrogen-bond donors (Lipinski definition) is 1. The van der Waals surface area contributed by atoms with Gasteiger partial charge < -0.3 is 5.32 Å². The third-order valence-electron chi connectivity index (χ3n) is 4.13. The minimum atomic E-state index is -0.107. The molecule has 21 heavy (non-hydrogen) atoms. The van der Waals surface area contributed by atoms with Gasteiger partial charge in [0.1, 0.15) is 5.82 Å². The molecule has 1 aromatic rings. The second-order valence-electron chi connectivity index (χ2n) is 6.03. The first-order valence-corrected chi connectivity index (χ1v) is 8.68. The molecule has 1 nitrogen and oxygen atoms in total. The predicted octanol–water partition coefficient (Wildman–Crippen LogP) is 5.93. The van der Waals surface area contributed by atoms with Crippen molar-refractivity contribution < 1.29 is 4.39 Å². The van der Waals surface area contributed by atoms with Crippen molar-refractivity contribution in [3.63, 3.8) is 0 Å². The summed E-state index contributed by atoms with van der Waals surface area (Å²) in [6.07, 6.45) is 10.5. The fourth-order valence-electron chi connectivity index (χ4n) is 2.82. The summed E-state index contributed by atoms with van der Waals surface area (Å²) in [4.78, 5) is 0. The smallest absolute Gasteiger partial charge is 0.126 e. The average Bonchev–Trinajstić information content (AvgIpc) is 2.48. The van der Waals surface area contributed by atoms with E-state index in [1.807, 2.05) is 19.1 Å². The van der Waals surface area contributed by atoms with Crippen LogP contribution in [-0.2, 0) is 0 Å². The molecular formula is C19H32FN. The van der Waals surface area contributed by atoms with Crippen molar-refractivity contribution in [3.8, 4) is 0 Å². The highest BCUT2D eigenvalue weighted by atomic mass is 19.1. The average molecular weight is 293 g/mol. The standard InChI is InChI=1S/C19H32FN/c1-4-6-7-8-9-10-11-12-19(21-5-2)17-13-14-18(20)16(3)15-17/h13-15,19,21H,4-12H2,1-3H3. The Balaban J connectivity index is 2.37. The third-order valence-corrected chi connectivity index (χ3v) is 4.13. The van der Waals surface area contributed by atoms with E-state index < -0.39 is 0 Å². The lowest BCUT2D eigenvalue weighted by Gasteiger charge is -2.19. The van der Waals surface area contributed by atoms with E-state index in [0.717, 1.165) is 18.5 Å². The van der Waals surface area contributed by atoms with Gasteiger partial charge in [0.05, 0.1) is 0 Å². The first-order chi connectivity index (χ1) is 10.2. The fraction of sp³-hybridized carbons (Fsp3) is 0.684. The van der Waals surface area contributed by atoms with Crippen LogP contribution in [0.15, 0.2) is 18.2 Å². The van der Waals surface area contributed by atoms with Gasteiger partial charge in [0.15, 0.2) is 0 Å². The van der Waals surface area contributed by atoms with Gasteiger partial charge in [-0.3, -0.25) is 0 Å². The largest absolute Gasteiger partial charge is 0.310 e. The molecule has 1 rings (SSSR count). The number of nitrogens with one attached hydrogen (secondary N) is 1. The van der Waals surface area contributed by atoms with Crippen molar-refractivity contribution >= 4 is 0 Å². The number of unbranched alkanes of at least 4 members (excludes halogenated alkanes) is 6. The second kappa shape index (κ2) is 10.8. The Morgan fingerprint density at radius 2 is 1.67 bits per heavy atom. The van der Waals surface area contributed by atoms with Crippen molar-refractivity contribution in [2.45, 2.75) is 78.2 Å². The summed E-state index contributed by atoms with van der Waals surface area (Å²) in [7, 11) is 0. The van der Waals surface area contributed by atoms with E-state index in [4.69, 9.17) is 0 Å². The van der Waals surface area contributed by atoms with E-state index >= 15 is 0 Å². The summed E-state index contributed by atoms with van der Waals surface area (Å²) in [5, 5.41) is 3.53. The molecule has 0 saturated heterocycles. The van der Waals surface area contributed by atoms with Crippen LogP contribution in [0.1, 0.15) is 82.4 Å². The van der Waals surface area contributed by atoms with E-state index in [1.165, 1.54) is 50.5 Å². The molecule has 1 aromatic carbocycles. The summed E-state index contributed by atoms with van der Waals surface area (Å²) in [6.45, 7) is 7.19. The molecule has 0 heterocycles. The zero-order valence-corrected chi connectivity index (χ0v) is 14.1. The maximum atomic E-state index is 13.4. The highest BCUT2D eigenvalue weighted by Gasteiger charge is 2.11. The van der Waals surface area contributed by atoms with Crippen molar-refractivity contribution in [2.24, 2.45) is 0 Å². The summed E-state index contributed by atoms with van der Waals surface area (Å²) in [5.41, 5.74) is 1.97. The molecule has 0 aromatic heterocycles. The number of halogens is 1. The molecule has 1 atom stereocenters. The predicted molar refractivity (Wildman–Crippen MR) is 90.2 cm³/mol. The van der Waals surface area contributed by atoms with Gasteiger partial charge in [-0.25, -0.2) is 4.39 Å². The van der Waals surface area contributed by atoms with E-state index in [1.54, 1.807) is 6.07 Å². The zero-order valence-electron chi connectivity index (χ0n) is 14.1. The van der Waals surface area contributed by atoms with Gasteiger partial charge in [-0.1, -0.05) is 70.9 Å². The van der Waals surface area contributed by atoms with Crippen LogP contribution in [-0.4, -0.2) is 6.54 Å². The molecule has 0 aliphatic heterocycles. The van der Waals surface area contributed by atoms with E-state index in [2.05, 4.69) is 19.2 Å². The molecule has 0 amide bonds. The Morgan fingerprint density at radius 3 is 2.29 bits per heavy atom. The van der Waals surface area contributed by atoms with Gasteiger partial charge in [-0.2, -0.15) is 0 Å². The first-order valence-electron chi connectivity index (χ1n) is 8.68. The Kier molecular flexibility index (Phi) is 9.32. The molecule has 0 aliphatic carbocycles. The van der Waals surface area contributed by atoms with Gasteiger partial charge in [0.2, 0.25) is 0 Å². The molecule has 0 aliphatic rings. The maximum absolute atomic E-state index is 13.4. The summed E-state index contributed by atoms with van der Waals surface area (Å²) < 4.78 is 13.4. The molecule has 120 valence electrons. The molecule has 0 saturated carbocycles. The summed E-state index contributed by atoms with van der Waals surface area (Å²) >= 11 is 0. The van der Waals surface area contributed by atoms with Gasteiger partial charge in [0.25, 0.3) is 0 Å². The fourth-order valence-corrected chi connectivity index (χ4v) is 2.82. The molecule has 0 fully saturated rings. The molecular weight excluding hydrogens is 261 g/mol. The van der Waals surface area contributed by atoms with Crippen LogP contribution in [0.3, 0.4) is 0 Å². The zero-order chi connectivity index (χ0) is 15.5. The van der Waals surface area contributed by atoms with Gasteiger partial charge in [-0.15, -0.1) is 0 Å². The molecule has 2 heteroatoms. The molecule has 1 unspecified atom stereocenters. The van der Waals surface area contributed by atoms with E-state index in [-0.39, 0.29) is 5.82 Å². The Labute approximate surface area is 130 Å². The minimum Gasteiger partial charge on any atom is -0.310 e. The van der Waals surface area contributed by atoms with E-state index in [0.29, 0.717) is 6.04 Å². The lowest BCUT2D eigenvalue weighted by Crippen LogP contribution is -2.21. The SMILES string of the molecule is CCCCCCCCCC(NCC)c1ccc(F)c(C)c1. The monoisotopic (exact) mass is 293 g/mol. The molecule has 0 spiro atoms. The Hall–Kier alpha value is -0.890. The van der Waals surface area contributed by atoms with E-state index in [9.17, 15) is 4.39 Å². The van der Waals surface area contributed by atoms with Crippen molar-refractivity contribution in [3.05, 3.63) is 35.1 Å². The van der Waals surface area contributed by atoms with Crippen molar-refractivity contribution in [1.82, 2.24) is 5.32 Å². The Morgan fingerprint density at radius 1 is 1.00 bits per heavy atom. The topological polar surface area (TPSA) is 12.0 Å². The Bertz CT molecular complexity index is 389. The van der Waals surface area contributed by atoms with Crippen molar-refractivity contribution in [2.75, 3.05) is 6.54 Å². The van der Waals surface area contributed by atoms with Crippen LogP contribution in [0, 0.1) is 12.7 Å². The maximum Gasteiger partial charge on any atom is 0.126 e. The number of benzene rings is 1. The second-order valence-corrected chi connectivity index (χ2v) is 6.03. The molecule has 1 N–H and O–H groups in total. The van der Waals surface area contributed by atoms with Gasteiger partial charge in [-0.05, 0) is 37.1 Å². The highest BCUT2D eigenvalue weighted by Crippen LogP contribution is 2.22. The number of rotatable bonds is 11. The quantitative estimate of drug-likeness (QED) is 0.499. The van der Waals surface area contributed by atoms with Crippen LogP contribution >= 0.6 is 0 Å². The normalized spacial score (nSPS) is 12.6. The summed E-state index contributed by atoms with van der Waals surface area (Å²) in [5.74, 6) is -0.107. The molecule has 0 bridgehead atoms. The highest BCUT2D eigenvalue weighted by molar-refractivity contribution is 5.26. The number of hydrogen-bond acceptors (Lipinski definition) is 1. The van der Waals surface area contributed by atoms with Crippen LogP contribution < -0.4 is 5.32 Å². The third kappa shape index (κ3) is 7.08. The minimum absolute atomic E-state index is 0.107. The van der Waals surface area contributed by atoms with Gasteiger partial charge >= 0.3 is 0 Å². The number of aryl methyl sites for hydroxylation is 1. The van der Waals surface area contributed by atoms with Crippen molar-refractivity contribution in [1.29, 1.82) is 0 Å². The van der Waals surface area contributed by atoms with Gasteiger partial charge in [0, 0.05) is 6.04 Å². The van der Waals surface area contributed by atoms with Crippen LogP contribution in [0.2, 0.25) is 0 Å². The lowest BCUT2D eigenvalue weighted by molar-refractivity contribution is 0.474.